The lowest BCUT2D eigenvalue weighted by molar-refractivity contribution is -0.126. The van der Waals surface area contributed by atoms with E-state index in [-0.39, 0.29) is 35.7 Å². The second kappa shape index (κ2) is 7.50. The van der Waals surface area contributed by atoms with Crippen LogP contribution in [0.2, 0.25) is 0 Å². The van der Waals surface area contributed by atoms with Crippen molar-refractivity contribution in [1.82, 2.24) is 19.8 Å². The van der Waals surface area contributed by atoms with Crippen molar-refractivity contribution in [1.29, 1.82) is 0 Å². The van der Waals surface area contributed by atoms with E-state index in [4.69, 9.17) is 4.42 Å². The maximum atomic E-state index is 13.7. The minimum Gasteiger partial charge on any atom is -0.419 e. The number of benzene rings is 1. The van der Waals surface area contributed by atoms with Gasteiger partial charge in [0, 0.05) is 19.0 Å². The minimum absolute atomic E-state index is 0.0343. The van der Waals surface area contributed by atoms with Gasteiger partial charge in [0.25, 0.3) is 5.89 Å². The van der Waals surface area contributed by atoms with Crippen LogP contribution in [0, 0.1) is 11.7 Å². The number of hydrogen-bond donors (Lipinski definition) is 1. The van der Waals surface area contributed by atoms with Gasteiger partial charge in [-0.15, -0.1) is 10.2 Å². The summed E-state index contributed by atoms with van der Waals surface area (Å²) in [5.41, 5.74) is 0.200. The van der Waals surface area contributed by atoms with Crippen LogP contribution in [0.3, 0.4) is 0 Å². The number of hydrogen-bond acceptors (Lipinski definition) is 6. The number of carbonyl (C=O) groups excluding carboxylic acids is 1. The fourth-order valence-electron chi connectivity index (χ4n) is 2.83. The van der Waals surface area contributed by atoms with Crippen LogP contribution in [0.15, 0.2) is 28.7 Å². The van der Waals surface area contributed by atoms with E-state index in [1.807, 2.05) is 0 Å². The number of sulfonamides is 1. The Bertz CT molecular complexity index is 891. The zero-order valence-electron chi connectivity index (χ0n) is 14.2. The van der Waals surface area contributed by atoms with E-state index in [1.54, 1.807) is 12.1 Å². The van der Waals surface area contributed by atoms with Crippen molar-refractivity contribution in [2.24, 2.45) is 5.92 Å². The Balaban J connectivity index is 1.54. The van der Waals surface area contributed by atoms with E-state index in [2.05, 4.69) is 15.5 Å². The maximum Gasteiger partial charge on any atom is 0.250 e. The highest BCUT2D eigenvalue weighted by Crippen LogP contribution is 2.21. The van der Waals surface area contributed by atoms with Crippen LogP contribution in [0.5, 0.6) is 0 Å². The minimum atomic E-state index is -3.22. The largest absolute Gasteiger partial charge is 0.419 e. The number of nitrogens with zero attached hydrogens (tertiary/aromatic N) is 3. The van der Waals surface area contributed by atoms with Crippen LogP contribution in [-0.4, -0.2) is 48.2 Å². The number of amides is 1. The van der Waals surface area contributed by atoms with Gasteiger partial charge in [-0.25, -0.2) is 17.1 Å². The summed E-state index contributed by atoms with van der Waals surface area (Å²) in [6, 6.07) is 6.04. The van der Waals surface area contributed by atoms with E-state index in [0.717, 1.165) is 6.26 Å². The Labute approximate surface area is 150 Å². The van der Waals surface area contributed by atoms with Gasteiger partial charge in [0.15, 0.2) is 0 Å². The monoisotopic (exact) mass is 382 g/mol. The molecule has 26 heavy (non-hydrogen) atoms. The summed E-state index contributed by atoms with van der Waals surface area (Å²) in [5.74, 6) is -0.700. The van der Waals surface area contributed by atoms with E-state index < -0.39 is 15.8 Å². The second-order valence-corrected chi connectivity index (χ2v) is 8.12. The molecule has 8 nitrogen and oxygen atoms in total. The first kappa shape index (κ1) is 18.5. The van der Waals surface area contributed by atoms with Gasteiger partial charge in [0.2, 0.25) is 21.8 Å². The van der Waals surface area contributed by atoms with Gasteiger partial charge in [-0.2, -0.15) is 0 Å². The number of piperidine rings is 1. The van der Waals surface area contributed by atoms with Crippen molar-refractivity contribution in [2.45, 2.75) is 19.4 Å². The Hall–Kier alpha value is -2.33. The van der Waals surface area contributed by atoms with Gasteiger partial charge in [-0.3, -0.25) is 4.79 Å². The molecule has 0 aliphatic carbocycles. The van der Waals surface area contributed by atoms with Crippen molar-refractivity contribution in [3.05, 3.63) is 36.0 Å². The Morgan fingerprint density at radius 3 is 2.65 bits per heavy atom. The van der Waals surface area contributed by atoms with Crippen LogP contribution in [0.4, 0.5) is 4.39 Å². The van der Waals surface area contributed by atoms with E-state index >= 15 is 0 Å². The van der Waals surface area contributed by atoms with Gasteiger partial charge in [0.1, 0.15) is 5.82 Å². The van der Waals surface area contributed by atoms with Crippen molar-refractivity contribution in [3.8, 4) is 11.5 Å². The summed E-state index contributed by atoms with van der Waals surface area (Å²) < 4.78 is 43.4. The van der Waals surface area contributed by atoms with Crippen LogP contribution < -0.4 is 5.32 Å². The molecule has 1 amide bonds. The van der Waals surface area contributed by atoms with Gasteiger partial charge in [-0.1, -0.05) is 12.1 Å². The molecule has 10 heteroatoms. The Morgan fingerprint density at radius 1 is 1.31 bits per heavy atom. The molecule has 140 valence electrons. The maximum absolute atomic E-state index is 13.7. The molecule has 0 spiro atoms. The third kappa shape index (κ3) is 4.25. The van der Waals surface area contributed by atoms with Crippen LogP contribution >= 0.6 is 0 Å². The second-order valence-electron chi connectivity index (χ2n) is 6.13. The van der Waals surface area contributed by atoms with Gasteiger partial charge < -0.3 is 9.73 Å². The van der Waals surface area contributed by atoms with Gasteiger partial charge in [0.05, 0.1) is 18.4 Å². The average molecular weight is 382 g/mol. The predicted octanol–water partition coefficient (Wildman–Crippen LogP) is 1.16. The predicted molar refractivity (Wildman–Crippen MR) is 90.7 cm³/mol. The standard InChI is InChI=1S/C16H19FN4O4S/c1-26(23,24)21-8-6-11(7-9-21)15(22)18-10-14-19-20-16(25-14)12-4-2-3-5-13(12)17/h2-5,11H,6-10H2,1H3,(H,18,22). The summed E-state index contributed by atoms with van der Waals surface area (Å²) in [6.45, 7) is 0.691. The molecule has 2 heterocycles. The van der Waals surface area contributed by atoms with Crippen LogP contribution in [-0.2, 0) is 21.4 Å². The number of rotatable bonds is 5. The molecule has 0 saturated carbocycles. The normalized spacial score (nSPS) is 16.5. The molecular formula is C16H19FN4O4S. The third-order valence-electron chi connectivity index (χ3n) is 4.28. The summed E-state index contributed by atoms with van der Waals surface area (Å²) >= 11 is 0. The van der Waals surface area contributed by atoms with Crippen molar-refractivity contribution < 1.29 is 22.0 Å². The first-order chi connectivity index (χ1) is 12.3. The molecule has 1 aliphatic heterocycles. The van der Waals surface area contributed by atoms with Gasteiger partial charge in [-0.05, 0) is 25.0 Å². The smallest absolute Gasteiger partial charge is 0.250 e. The first-order valence-corrected chi connectivity index (χ1v) is 9.99. The number of halogens is 1. The van der Waals surface area contributed by atoms with Gasteiger partial charge >= 0.3 is 0 Å². The molecule has 0 radical (unpaired) electrons. The third-order valence-corrected chi connectivity index (χ3v) is 5.58. The van der Waals surface area contributed by atoms with E-state index in [0.29, 0.717) is 25.9 Å². The molecule has 0 bridgehead atoms. The quantitative estimate of drug-likeness (QED) is 0.832. The number of nitrogens with one attached hydrogen (secondary N) is 1. The summed E-state index contributed by atoms with van der Waals surface area (Å²) in [4.78, 5) is 12.2. The van der Waals surface area contributed by atoms with E-state index in [9.17, 15) is 17.6 Å². The molecule has 1 aliphatic rings. The molecule has 1 aromatic heterocycles. The Morgan fingerprint density at radius 2 is 2.00 bits per heavy atom. The Kier molecular flexibility index (Phi) is 5.33. The summed E-state index contributed by atoms with van der Waals surface area (Å²) in [5, 5.41) is 10.3. The first-order valence-electron chi connectivity index (χ1n) is 8.14. The average Bonchev–Trinajstić information content (AvgIpc) is 3.08. The fraction of sp³-hybridized carbons (Fsp3) is 0.438. The van der Waals surface area contributed by atoms with Crippen LogP contribution in [0.1, 0.15) is 18.7 Å². The molecular weight excluding hydrogens is 363 g/mol. The molecule has 0 atom stereocenters. The van der Waals surface area contributed by atoms with E-state index in [1.165, 1.54) is 16.4 Å². The van der Waals surface area contributed by atoms with Crippen molar-refractivity contribution in [3.63, 3.8) is 0 Å². The topological polar surface area (TPSA) is 105 Å². The summed E-state index contributed by atoms with van der Waals surface area (Å²) in [7, 11) is -3.22. The van der Waals surface area contributed by atoms with Crippen LogP contribution in [0.25, 0.3) is 11.5 Å². The zero-order valence-corrected chi connectivity index (χ0v) is 15.0. The highest BCUT2D eigenvalue weighted by atomic mass is 32.2. The highest BCUT2D eigenvalue weighted by Gasteiger charge is 2.29. The highest BCUT2D eigenvalue weighted by molar-refractivity contribution is 7.88. The lowest BCUT2D eigenvalue weighted by atomic mass is 9.97. The molecule has 3 rings (SSSR count). The number of aromatic nitrogens is 2. The SMILES string of the molecule is CS(=O)(=O)N1CCC(C(=O)NCc2nnc(-c3ccccc3F)o2)CC1. The van der Waals surface area contributed by atoms with Crippen molar-refractivity contribution in [2.75, 3.05) is 19.3 Å². The summed E-state index contributed by atoms with van der Waals surface area (Å²) in [6.07, 6.45) is 2.09. The van der Waals surface area contributed by atoms with Crippen molar-refractivity contribution >= 4 is 15.9 Å². The zero-order chi connectivity index (χ0) is 18.7. The fourth-order valence-corrected chi connectivity index (χ4v) is 3.70. The number of carbonyl (C=O) groups is 1. The molecule has 2 aromatic rings. The lowest BCUT2D eigenvalue weighted by Crippen LogP contribution is -2.42. The lowest BCUT2D eigenvalue weighted by Gasteiger charge is -2.29. The molecule has 1 fully saturated rings. The molecule has 1 aromatic carbocycles. The molecule has 1 N–H and O–H groups in total. The molecule has 1 saturated heterocycles. The molecule has 0 unspecified atom stereocenters.